The maximum Gasteiger partial charge on any atom is 0.407 e. The lowest BCUT2D eigenvalue weighted by Gasteiger charge is -2.20. The van der Waals surface area contributed by atoms with Crippen molar-refractivity contribution < 1.29 is 9.53 Å². The quantitative estimate of drug-likeness (QED) is 0.932. The standard InChI is InChI=1S/C19H23N3O2/c1-19(2,3)24-18(23)21-13-14-8-9-17(20-12-14)22-11-10-15-6-4-5-7-16(15)22/h4-9,12H,10-11,13H2,1-3H3,(H,21,23). The topological polar surface area (TPSA) is 54.5 Å². The van der Waals surface area contributed by atoms with E-state index in [-0.39, 0.29) is 0 Å². The number of benzene rings is 1. The van der Waals surface area contributed by atoms with Crippen LogP contribution < -0.4 is 10.2 Å². The maximum absolute atomic E-state index is 11.7. The molecule has 1 aromatic carbocycles. The van der Waals surface area contributed by atoms with E-state index in [1.54, 1.807) is 6.20 Å². The molecule has 3 rings (SSSR count). The van der Waals surface area contributed by atoms with Crippen molar-refractivity contribution in [2.75, 3.05) is 11.4 Å². The molecule has 1 aromatic heterocycles. The number of fused-ring (bicyclic) bond motifs is 1. The van der Waals surface area contributed by atoms with Gasteiger partial charge in [0.2, 0.25) is 0 Å². The number of aromatic nitrogens is 1. The van der Waals surface area contributed by atoms with E-state index in [0.29, 0.717) is 6.54 Å². The average molecular weight is 325 g/mol. The number of anilines is 2. The fourth-order valence-electron chi connectivity index (χ4n) is 2.75. The molecule has 0 spiro atoms. The molecule has 5 heteroatoms. The molecule has 0 unspecified atom stereocenters. The average Bonchev–Trinajstić information content (AvgIpc) is 2.96. The Hall–Kier alpha value is -2.56. The van der Waals surface area contributed by atoms with Gasteiger partial charge in [0.15, 0.2) is 0 Å². The summed E-state index contributed by atoms with van der Waals surface area (Å²) in [7, 11) is 0. The van der Waals surface area contributed by atoms with Crippen LogP contribution in [0.2, 0.25) is 0 Å². The molecular weight excluding hydrogens is 302 g/mol. The highest BCUT2D eigenvalue weighted by Crippen LogP contribution is 2.32. The molecule has 126 valence electrons. The Labute approximate surface area is 142 Å². The van der Waals surface area contributed by atoms with Crippen LogP contribution in [0, 0.1) is 0 Å². The van der Waals surface area contributed by atoms with E-state index in [0.717, 1.165) is 24.3 Å². The van der Waals surface area contributed by atoms with Crippen LogP contribution in [0.25, 0.3) is 0 Å². The highest BCUT2D eigenvalue weighted by atomic mass is 16.6. The lowest BCUT2D eigenvalue weighted by atomic mass is 10.2. The summed E-state index contributed by atoms with van der Waals surface area (Å²) in [4.78, 5) is 18.5. The molecule has 1 aliphatic rings. The predicted octanol–water partition coefficient (Wildman–Crippen LogP) is 3.80. The summed E-state index contributed by atoms with van der Waals surface area (Å²) >= 11 is 0. The van der Waals surface area contributed by atoms with Crippen molar-refractivity contribution in [3.05, 3.63) is 53.7 Å². The third kappa shape index (κ3) is 3.85. The number of ether oxygens (including phenoxy) is 1. The summed E-state index contributed by atoms with van der Waals surface area (Å²) in [6, 6.07) is 12.4. The lowest BCUT2D eigenvalue weighted by Crippen LogP contribution is -2.32. The number of para-hydroxylation sites is 1. The Morgan fingerprint density at radius 3 is 2.75 bits per heavy atom. The van der Waals surface area contributed by atoms with Gasteiger partial charge in [-0.15, -0.1) is 0 Å². The highest BCUT2D eigenvalue weighted by Gasteiger charge is 2.20. The lowest BCUT2D eigenvalue weighted by molar-refractivity contribution is 0.0523. The number of pyridine rings is 1. The van der Waals surface area contributed by atoms with Crippen LogP contribution in [0.15, 0.2) is 42.6 Å². The van der Waals surface area contributed by atoms with Gasteiger partial charge in [-0.25, -0.2) is 9.78 Å². The second-order valence-electron chi connectivity index (χ2n) is 6.91. The molecule has 0 fully saturated rings. The number of alkyl carbamates (subject to hydrolysis) is 1. The molecule has 5 nitrogen and oxygen atoms in total. The molecule has 0 saturated heterocycles. The number of amides is 1. The van der Waals surface area contributed by atoms with Gasteiger partial charge in [-0.1, -0.05) is 24.3 Å². The molecule has 0 atom stereocenters. The van der Waals surface area contributed by atoms with Crippen LogP contribution in [0.5, 0.6) is 0 Å². The number of nitrogens with zero attached hydrogens (tertiary/aromatic N) is 2. The molecule has 2 heterocycles. The normalized spacial score (nSPS) is 13.5. The Morgan fingerprint density at radius 1 is 1.25 bits per heavy atom. The Bertz CT molecular complexity index is 720. The summed E-state index contributed by atoms with van der Waals surface area (Å²) in [5.74, 6) is 0.931. The van der Waals surface area contributed by atoms with E-state index in [9.17, 15) is 4.79 Å². The number of hydrogen-bond acceptors (Lipinski definition) is 4. The molecule has 0 radical (unpaired) electrons. The van der Waals surface area contributed by atoms with Gasteiger partial charge in [-0.3, -0.25) is 0 Å². The monoisotopic (exact) mass is 325 g/mol. The van der Waals surface area contributed by atoms with Gasteiger partial charge < -0.3 is 15.0 Å². The largest absolute Gasteiger partial charge is 0.444 e. The summed E-state index contributed by atoms with van der Waals surface area (Å²) in [5.41, 5.74) is 3.03. The van der Waals surface area contributed by atoms with Crippen molar-refractivity contribution in [1.29, 1.82) is 0 Å². The fourth-order valence-corrected chi connectivity index (χ4v) is 2.75. The minimum Gasteiger partial charge on any atom is -0.444 e. The van der Waals surface area contributed by atoms with Crippen LogP contribution in [0.3, 0.4) is 0 Å². The van der Waals surface area contributed by atoms with E-state index < -0.39 is 11.7 Å². The third-order valence-electron chi connectivity index (χ3n) is 3.81. The fraction of sp³-hybridized carbons (Fsp3) is 0.368. The van der Waals surface area contributed by atoms with E-state index in [2.05, 4.69) is 39.5 Å². The smallest absolute Gasteiger partial charge is 0.407 e. The zero-order valence-electron chi connectivity index (χ0n) is 14.4. The first-order valence-corrected chi connectivity index (χ1v) is 8.19. The van der Waals surface area contributed by atoms with E-state index >= 15 is 0 Å². The summed E-state index contributed by atoms with van der Waals surface area (Å²) in [6.07, 6.45) is 2.42. The molecule has 0 saturated carbocycles. The molecular formula is C19H23N3O2. The SMILES string of the molecule is CC(C)(C)OC(=O)NCc1ccc(N2CCc3ccccc32)nc1. The van der Waals surface area contributed by atoms with Crippen LogP contribution in [0.1, 0.15) is 31.9 Å². The van der Waals surface area contributed by atoms with Gasteiger partial charge in [-0.2, -0.15) is 0 Å². The maximum atomic E-state index is 11.7. The number of carbonyl (C=O) groups is 1. The van der Waals surface area contributed by atoms with E-state index in [4.69, 9.17) is 4.74 Å². The Balaban J connectivity index is 1.62. The summed E-state index contributed by atoms with van der Waals surface area (Å²) < 4.78 is 5.22. The number of nitrogens with one attached hydrogen (secondary N) is 1. The van der Waals surface area contributed by atoms with Crippen molar-refractivity contribution in [2.45, 2.75) is 39.3 Å². The predicted molar refractivity (Wildman–Crippen MR) is 94.5 cm³/mol. The third-order valence-corrected chi connectivity index (χ3v) is 3.81. The Kier molecular flexibility index (Phi) is 4.42. The summed E-state index contributed by atoms with van der Waals surface area (Å²) in [6.45, 7) is 6.88. The summed E-state index contributed by atoms with van der Waals surface area (Å²) in [5, 5.41) is 2.75. The van der Waals surface area contributed by atoms with Crippen molar-refractivity contribution >= 4 is 17.6 Å². The Morgan fingerprint density at radius 2 is 2.04 bits per heavy atom. The molecule has 0 bridgehead atoms. The van der Waals surface area contributed by atoms with Gasteiger partial charge in [-0.05, 0) is 50.5 Å². The van der Waals surface area contributed by atoms with E-state index in [1.807, 2.05) is 32.9 Å². The molecule has 1 N–H and O–H groups in total. The van der Waals surface area contributed by atoms with Crippen molar-refractivity contribution in [3.8, 4) is 0 Å². The number of hydrogen-bond donors (Lipinski definition) is 1. The second-order valence-corrected chi connectivity index (χ2v) is 6.91. The number of carbonyl (C=O) groups excluding carboxylic acids is 1. The second kappa shape index (κ2) is 6.51. The van der Waals surface area contributed by atoms with Gasteiger partial charge in [0.1, 0.15) is 11.4 Å². The van der Waals surface area contributed by atoms with Crippen LogP contribution in [0.4, 0.5) is 16.3 Å². The minimum absolute atomic E-state index is 0.402. The minimum atomic E-state index is -0.491. The molecule has 1 amide bonds. The first kappa shape index (κ1) is 16.3. The van der Waals surface area contributed by atoms with E-state index in [1.165, 1.54) is 11.3 Å². The van der Waals surface area contributed by atoms with Crippen molar-refractivity contribution in [3.63, 3.8) is 0 Å². The van der Waals surface area contributed by atoms with Gasteiger partial charge in [0, 0.05) is 25.0 Å². The molecule has 2 aromatic rings. The zero-order valence-corrected chi connectivity index (χ0v) is 14.4. The molecule has 1 aliphatic heterocycles. The van der Waals surface area contributed by atoms with Crippen LogP contribution in [-0.2, 0) is 17.7 Å². The first-order valence-electron chi connectivity index (χ1n) is 8.19. The highest BCUT2D eigenvalue weighted by molar-refractivity contribution is 5.68. The van der Waals surface area contributed by atoms with Gasteiger partial charge in [0.25, 0.3) is 0 Å². The first-order chi connectivity index (χ1) is 11.4. The van der Waals surface area contributed by atoms with Crippen molar-refractivity contribution in [2.24, 2.45) is 0 Å². The van der Waals surface area contributed by atoms with Crippen molar-refractivity contribution in [1.82, 2.24) is 10.3 Å². The van der Waals surface area contributed by atoms with Gasteiger partial charge in [0.05, 0.1) is 0 Å². The molecule has 0 aliphatic carbocycles. The van der Waals surface area contributed by atoms with Crippen LogP contribution in [-0.4, -0.2) is 23.2 Å². The zero-order chi connectivity index (χ0) is 17.2. The number of rotatable bonds is 3. The van der Waals surface area contributed by atoms with Crippen LogP contribution >= 0.6 is 0 Å². The molecule has 24 heavy (non-hydrogen) atoms. The van der Waals surface area contributed by atoms with Gasteiger partial charge >= 0.3 is 6.09 Å².